The highest BCUT2D eigenvalue weighted by Crippen LogP contribution is 2.28. The Hall–Kier alpha value is -1.41. The third kappa shape index (κ3) is 1.73. The lowest BCUT2D eigenvalue weighted by molar-refractivity contribution is 1.23. The molecule has 2 nitrogen and oxygen atoms in total. The lowest BCUT2D eigenvalue weighted by Crippen LogP contribution is -1.91. The van der Waals surface area contributed by atoms with Gasteiger partial charge in [-0.15, -0.1) is 0 Å². The first-order valence-electron chi connectivity index (χ1n) is 4.67. The first-order chi connectivity index (χ1) is 7.09. The van der Waals surface area contributed by atoms with E-state index in [1.54, 1.807) is 6.20 Å². The summed E-state index contributed by atoms with van der Waals surface area (Å²) in [6, 6.07) is 3.85. The molecule has 2 aromatic heterocycles. The minimum atomic E-state index is 0.635. The molecule has 2 aromatic rings. The summed E-state index contributed by atoms with van der Waals surface area (Å²) in [5.74, 6) is 0. The molecule has 0 aliphatic heterocycles. The van der Waals surface area contributed by atoms with Crippen molar-refractivity contribution >= 4 is 28.2 Å². The van der Waals surface area contributed by atoms with Gasteiger partial charge in [0, 0.05) is 17.5 Å². The second-order valence-corrected chi connectivity index (χ2v) is 3.96. The van der Waals surface area contributed by atoms with Gasteiger partial charge in [0.05, 0.1) is 10.5 Å². The summed E-state index contributed by atoms with van der Waals surface area (Å²) in [7, 11) is 0. The van der Waals surface area contributed by atoms with Crippen molar-refractivity contribution in [2.24, 2.45) is 0 Å². The molecule has 0 aromatic carbocycles. The Bertz CT molecular complexity index is 547. The fourth-order valence-corrected chi connectivity index (χ4v) is 1.78. The zero-order valence-corrected chi connectivity index (χ0v) is 9.47. The van der Waals surface area contributed by atoms with Gasteiger partial charge in [-0.25, -0.2) is 4.98 Å². The van der Waals surface area contributed by atoms with E-state index in [-0.39, 0.29) is 0 Å². The Labute approximate surface area is 93.6 Å². The van der Waals surface area contributed by atoms with E-state index in [0.717, 1.165) is 27.9 Å². The predicted octanol–water partition coefficient (Wildman–Crippen LogP) is 3.62. The van der Waals surface area contributed by atoms with Crippen LogP contribution in [0.5, 0.6) is 0 Å². The van der Waals surface area contributed by atoms with Gasteiger partial charge in [-0.2, -0.15) is 0 Å². The van der Waals surface area contributed by atoms with Crippen LogP contribution < -0.4 is 0 Å². The number of nitrogens with zero attached hydrogens (tertiary/aromatic N) is 2. The molecule has 0 fully saturated rings. The smallest absolute Gasteiger partial charge is 0.108 e. The highest BCUT2D eigenvalue weighted by Gasteiger charge is 2.08. The van der Waals surface area contributed by atoms with Crippen LogP contribution >= 0.6 is 11.6 Å². The van der Waals surface area contributed by atoms with Gasteiger partial charge >= 0.3 is 0 Å². The summed E-state index contributed by atoms with van der Waals surface area (Å²) < 4.78 is 0. The number of pyridine rings is 2. The van der Waals surface area contributed by atoms with Gasteiger partial charge in [-0.05, 0) is 31.6 Å². The molecule has 3 heteroatoms. The van der Waals surface area contributed by atoms with Crippen LogP contribution in [0.4, 0.5) is 0 Å². The molecule has 2 rings (SSSR count). The molecule has 0 saturated heterocycles. The number of aromatic nitrogens is 2. The Morgan fingerprint density at radius 3 is 2.80 bits per heavy atom. The van der Waals surface area contributed by atoms with Gasteiger partial charge < -0.3 is 0 Å². The third-order valence-corrected chi connectivity index (χ3v) is 2.63. The van der Waals surface area contributed by atoms with E-state index in [1.807, 2.05) is 26.0 Å². The largest absolute Gasteiger partial charge is 0.254 e. The molecular weight excluding hydrogens is 208 g/mol. The van der Waals surface area contributed by atoms with Crippen LogP contribution in [-0.4, -0.2) is 9.97 Å². The van der Waals surface area contributed by atoms with Crippen LogP contribution in [-0.2, 0) is 0 Å². The fraction of sp³-hybridized carbons (Fsp3) is 0.167. The van der Waals surface area contributed by atoms with E-state index in [0.29, 0.717) is 5.02 Å². The van der Waals surface area contributed by atoms with Gasteiger partial charge in [-0.3, -0.25) is 4.98 Å². The summed E-state index contributed by atoms with van der Waals surface area (Å²) in [6.45, 7) is 7.70. The van der Waals surface area contributed by atoms with Crippen molar-refractivity contribution in [3.05, 3.63) is 41.2 Å². The second-order valence-electron chi connectivity index (χ2n) is 3.59. The average Bonchev–Trinajstić information content (AvgIpc) is 2.19. The molecule has 76 valence electrons. The molecule has 2 heterocycles. The molecule has 0 aliphatic rings. The highest BCUT2D eigenvalue weighted by atomic mass is 35.5. The van der Waals surface area contributed by atoms with Crippen molar-refractivity contribution in [2.75, 3.05) is 0 Å². The number of aryl methyl sites for hydroxylation is 1. The average molecular weight is 219 g/mol. The van der Waals surface area contributed by atoms with Crippen molar-refractivity contribution < 1.29 is 0 Å². The number of hydrogen-bond donors (Lipinski definition) is 0. The SMILES string of the molecule is C=C(C)c1cnc2ccc(C)nc2c1Cl. The summed E-state index contributed by atoms with van der Waals surface area (Å²) >= 11 is 6.25. The van der Waals surface area contributed by atoms with E-state index < -0.39 is 0 Å². The maximum absolute atomic E-state index is 6.25. The Morgan fingerprint density at radius 1 is 1.40 bits per heavy atom. The van der Waals surface area contributed by atoms with Crippen LogP contribution in [0, 0.1) is 6.92 Å². The van der Waals surface area contributed by atoms with Crippen molar-refractivity contribution in [1.29, 1.82) is 0 Å². The summed E-state index contributed by atoms with van der Waals surface area (Å²) in [5, 5.41) is 0.635. The van der Waals surface area contributed by atoms with Crippen LogP contribution in [0.1, 0.15) is 18.2 Å². The highest BCUT2D eigenvalue weighted by molar-refractivity contribution is 6.36. The van der Waals surface area contributed by atoms with Crippen molar-refractivity contribution in [3.8, 4) is 0 Å². The van der Waals surface area contributed by atoms with Crippen molar-refractivity contribution in [3.63, 3.8) is 0 Å². The lowest BCUT2D eigenvalue weighted by atomic mass is 10.1. The van der Waals surface area contributed by atoms with Gasteiger partial charge in [-0.1, -0.05) is 18.2 Å². The minimum Gasteiger partial charge on any atom is -0.254 e. The maximum Gasteiger partial charge on any atom is 0.108 e. The first kappa shape index (κ1) is 10.1. The second kappa shape index (κ2) is 3.63. The molecule has 0 saturated carbocycles. The van der Waals surface area contributed by atoms with Crippen LogP contribution in [0.25, 0.3) is 16.6 Å². The lowest BCUT2D eigenvalue weighted by Gasteiger charge is -2.06. The van der Waals surface area contributed by atoms with E-state index in [1.165, 1.54) is 0 Å². The molecule has 0 aliphatic carbocycles. The predicted molar refractivity (Wildman–Crippen MR) is 64.0 cm³/mol. The fourth-order valence-electron chi connectivity index (χ4n) is 1.43. The number of allylic oxidation sites excluding steroid dienone is 1. The molecule has 15 heavy (non-hydrogen) atoms. The summed E-state index contributed by atoms with van der Waals surface area (Å²) in [6.07, 6.45) is 1.74. The normalized spacial score (nSPS) is 10.6. The van der Waals surface area contributed by atoms with E-state index >= 15 is 0 Å². The standard InChI is InChI=1S/C12H11ClN2/c1-7(2)9-6-14-10-5-4-8(3)15-12(10)11(9)13/h4-6H,1H2,2-3H3. The number of fused-ring (bicyclic) bond motifs is 1. The van der Waals surface area contributed by atoms with Gasteiger partial charge in [0.15, 0.2) is 0 Å². The van der Waals surface area contributed by atoms with E-state index in [9.17, 15) is 0 Å². The van der Waals surface area contributed by atoms with Gasteiger partial charge in [0.25, 0.3) is 0 Å². The zero-order chi connectivity index (χ0) is 11.0. The van der Waals surface area contributed by atoms with Crippen molar-refractivity contribution in [1.82, 2.24) is 9.97 Å². The van der Waals surface area contributed by atoms with Crippen LogP contribution in [0.3, 0.4) is 0 Å². The van der Waals surface area contributed by atoms with Gasteiger partial charge in [0.1, 0.15) is 5.52 Å². The molecule has 0 N–H and O–H groups in total. The Morgan fingerprint density at radius 2 is 2.13 bits per heavy atom. The Balaban J connectivity index is 2.82. The third-order valence-electron chi connectivity index (χ3n) is 2.25. The monoisotopic (exact) mass is 218 g/mol. The number of rotatable bonds is 1. The molecule has 0 unspecified atom stereocenters. The number of hydrogen-bond acceptors (Lipinski definition) is 2. The summed E-state index contributed by atoms with van der Waals surface area (Å²) in [5.41, 5.74) is 4.26. The Kier molecular flexibility index (Phi) is 2.45. The zero-order valence-electron chi connectivity index (χ0n) is 8.71. The topological polar surface area (TPSA) is 25.8 Å². The molecule has 0 radical (unpaired) electrons. The van der Waals surface area contributed by atoms with Crippen molar-refractivity contribution in [2.45, 2.75) is 13.8 Å². The van der Waals surface area contributed by atoms with Gasteiger partial charge in [0.2, 0.25) is 0 Å². The quantitative estimate of drug-likeness (QED) is 0.731. The minimum absolute atomic E-state index is 0.635. The maximum atomic E-state index is 6.25. The number of halogens is 1. The van der Waals surface area contributed by atoms with Crippen LogP contribution in [0.15, 0.2) is 24.9 Å². The molecule has 0 atom stereocenters. The molecular formula is C12H11ClN2. The van der Waals surface area contributed by atoms with Crippen LogP contribution in [0.2, 0.25) is 5.02 Å². The molecule has 0 bridgehead atoms. The first-order valence-corrected chi connectivity index (χ1v) is 5.05. The van der Waals surface area contributed by atoms with E-state index in [2.05, 4.69) is 16.5 Å². The van der Waals surface area contributed by atoms with E-state index in [4.69, 9.17) is 11.6 Å². The molecule has 0 spiro atoms. The summed E-state index contributed by atoms with van der Waals surface area (Å²) in [4.78, 5) is 8.68. The molecule has 0 amide bonds.